The second-order valence-corrected chi connectivity index (χ2v) is 4.55. The van der Waals surface area contributed by atoms with E-state index in [1.165, 1.54) is 11.0 Å². The number of hydrogen-bond donors (Lipinski definition) is 2. The summed E-state index contributed by atoms with van der Waals surface area (Å²) in [5.74, 6) is -1.39. The number of carbonyl (C=O) groups excluding carboxylic acids is 2. The SMILES string of the molecule is CCCCN(C)C(=O)C(=O)Nc1ccc(C)cc1O. The van der Waals surface area contributed by atoms with E-state index in [2.05, 4.69) is 5.32 Å². The molecular formula is C14H20N2O3. The van der Waals surface area contributed by atoms with Crippen molar-refractivity contribution in [3.8, 4) is 5.75 Å². The fourth-order valence-electron chi connectivity index (χ4n) is 1.59. The summed E-state index contributed by atoms with van der Waals surface area (Å²) in [5, 5.41) is 12.1. The number of nitrogens with zero attached hydrogens (tertiary/aromatic N) is 1. The lowest BCUT2D eigenvalue weighted by atomic mass is 10.2. The first kappa shape index (κ1) is 15.0. The Hall–Kier alpha value is -2.04. The third-order valence-corrected chi connectivity index (χ3v) is 2.79. The number of aryl methyl sites for hydroxylation is 1. The van der Waals surface area contributed by atoms with E-state index >= 15 is 0 Å². The van der Waals surface area contributed by atoms with Crippen molar-refractivity contribution in [1.29, 1.82) is 0 Å². The summed E-state index contributed by atoms with van der Waals surface area (Å²) in [6.07, 6.45) is 1.81. The van der Waals surface area contributed by atoms with Crippen LogP contribution in [0.2, 0.25) is 0 Å². The van der Waals surface area contributed by atoms with E-state index in [4.69, 9.17) is 0 Å². The van der Waals surface area contributed by atoms with Gasteiger partial charge in [-0.3, -0.25) is 9.59 Å². The smallest absolute Gasteiger partial charge is 0.313 e. The molecule has 1 aromatic carbocycles. The van der Waals surface area contributed by atoms with Crippen molar-refractivity contribution >= 4 is 17.5 Å². The largest absolute Gasteiger partial charge is 0.506 e. The normalized spacial score (nSPS) is 10.1. The maximum atomic E-state index is 11.8. The molecule has 0 heterocycles. The van der Waals surface area contributed by atoms with Crippen molar-refractivity contribution in [2.45, 2.75) is 26.7 Å². The van der Waals surface area contributed by atoms with E-state index in [9.17, 15) is 14.7 Å². The van der Waals surface area contributed by atoms with Crippen LogP contribution in [0.3, 0.4) is 0 Å². The van der Waals surface area contributed by atoms with E-state index in [1.807, 2.05) is 13.8 Å². The molecule has 1 rings (SSSR count). The van der Waals surface area contributed by atoms with Crippen LogP contribution in [-0.4, -0.2) is 35.4 Å². The van der Waals surface area contributed by atoms with Gasteiger partial charge in [0.15, 0.2) is 0 Å². The predicted molar refractivity (Wildman–Crippen MR) is 74.0 cm³/mol. The number of nitrogens with one attached hydrogen (secondary N) is 1. The van der Waals surface area contributed by atoms with E-state index in [-0.39, 0.29) is 11.4 Å². The summed E-state index contributed by atoms with van der Waals surface area (Å²) in [6.45, 7) is 4.39. The monoisotopic (exact) mass is 264 g/mol. The molecule has 0 spiro atoms. The fraction of sp³-hybridized carbons (Fsp3) is 0.429. The molecule has 0 radical (unpaired) electrons. The number of aromatic hydroxyl groups is 1. The molecule has 1 aromatic rings. The standard InChI is InChI=1S/C14H20N2O3/c1-4-5-8-16(3)14(19)13(18)15-11-7-6-10(2)9-12(11)17/h6-7,9,17H,4-5,8H2,1-3H3,(H,15,18). The molecule has 0 aromatic heterocycles. The molecule has 0 aliphatic carbocycles. The van der Waals surface area contributed by atoms with Crippen LogP contribution < -0.4 is 5.32 Å². The lowest BCUT2D eigenvalue weighted by Gasteiger charge is -2.16. The van der Waals surface area contributed by atoms with Gasteiger partial charge in [-0.25, -0.2) is 0 Å². The van der Waals surface area contributed by atoms with Crippen LogP contribution in [0.5, 0.6) is 5.75 Å². The van der Waals surface area contributed by atoms with Gasteiger partial charge in [0.25, 0.3) is 0 Å². The molecule has 2 amide bonds. The molecule has 2 N–H and O–H groups in total. The maximum Gasteiger partial charge on any atom is 0.313 e. The Morgan fingerprint density at radius 3 is 2.63 bits per heavy atom. The summed E-state index contributed by atoms with van der Waals surface area (Å²) in [4.78, 5) is 24.9. The van der Waals surface area contributed by atoms with Gasteiger partial charge in [-0.2, -0.15) is 0 Å². The number of amides is 2. The Balaban J connectivity index is 2.66. The predicted octanol–water partition coefficient (Wildman–Crippen LogP) is 1.90. The number of rotatable bonds is 4. The summed E-state index contributed by atoms with van der Waals surface area (Å²) in [6, 6.07) is 4.85. The van der Waals surface area contributed by atoms with Crippen molar-refractivity contribution in [3.05, 3.63) is 23.8 Å². The fourth-order valence-corrected chi connectivity index (χ4v) is 1.59. The number of phenolic OH excluding ortho intramolecular Hbond substituents is 1. The molecule has 0 fully saturated rings. The van der Waals surface area contributed by atoms with Crippen LogP contribution >= 0.6 is 0 Å². The van der Waals surface area contributed by atoms with Crippen LogP contribution in [0.15, 0.2) is 18.2 Å². The Morgan fingerprint density at radius 1 is 1.37 bits per heavy atom. The van der Waals surface area contributed by atoms with Crippen molar-refractivity contribution in [3.63, 3.8) is 0 Å². The van der Waals surface area contributed by atoms with Crippen LogP contribution in [0.1, 0.15) is 25.3 Å². The molecule has 0 aliphatic heterocycles. The highest BCUT2D eigenvalue weighted by atomic mass is 16.3. The van der Waals surface area contributed by atoms with Gasteiger partial charge in [-0.1, -0.05) is 19.4 Å². The first-order valence-electron chi connectivity index (χ1n) is 6.31. The minimum atomic E-state index is -0.738. The summed E-state index contributed by atoms with van der Waals surface area (Å²) in [5.41, 5.74) is 1.12. The Bertz CT molecular complexity index is 472. The lowest BCUT2D eigenvalue weighted by molar-refractivity contribution is -0.142. The summed E-state index contributed by atoms with van der Waals surface area (Å²) < 4.78 is 0. The number of anilines is 1. The Kier molecular flexibility index (Phi) is 5.36. The molecule has 0 saturated heterocycles. The van der Waals surface area contributed by atoms with E-state index in [0.29, 0.717) is 6.54 Å². The third-order valence-electron chi connectivity index (χ3n) is 2.79. The van der Waals surface area contributed by atoms with Crippen LogP contribution in [0, 0.1) is 6.92 Å². The summed E-state index contributed by atoms with van der Waals surface area (Å²) in [7, 11) is 1.59. The van der Waals surface area contributed by atoms with Crippen molar-refractivity contribution in [2.75, 3.05) is 18.9 Å². The molecule has 5 nitrogen and oxygen atoms in total. The van der Waals surface area contributed by atoms with Gasteiger partial charge in [0, 0.05) is 13.6 Å². The second kappa shape index (κ2) is 6.78. The van der Waals surface area contributed by atoms with Crippen molar-refractivity contribution in [2.24, 2.45) is 0 Å². The highest BCUT2D eigenvalue weighted by molar-refractivity contribution is 6.39. The zero-order valence-electron chi connectivity index (χ0n) is 11.6. The molecule has 0 unspecified atom stereocenters. The number of hydrogen-bond acceptors (Lipinski definition) is 3. The second-order valence-electron chi connectivity index (χ2n) is 4.55. The maximum absolute atomic E-state index is 11.8. The van der Waals surface area contributed by atoms with Crippen molar-refractivity contribution < 1.29 is 14.7 Å². The quantitative estimate of drug-likeness (QED) is 0.644. The number of carbonyl (C=O) groups is 2. The van der Waals surface area contributed by atoms with Gasteiger partial charge in [0.2, 0.25) is 0 Å². The van der Waals surface area contributed by atoms with Gasteiger partial charge in [0.1, 0.15) is 5.75 Å². The number of phenols is 1. The lowest BCUT2D eigenvalue weighted by Crippen LogP contribution is -2.37. The minimum absolute atomic E-state index is 0.0441. The molecular weight excluding hydrogens is 244 g/mol. The van der Waals surface area contributed by atoms with Crippen molar-refractivity contribution in [1.82, 2.24) is 4.90 Å². The highest BCUT2D eigenvalue weighted by Crippen LogP contribution is 2.23. The first-order valence-corrected chi connectivity index (χ1v) is 6.31. The average Bonchev–Trinajstić information content (AvgIpc) is 2.38. The third kappa shape index (κ3) is 4.28. The Labute approximate surface area is 113 Å². The van der Waals surface area contributed by atoms with E-state index in [0.717, 1.165) is 18.4 Å². The molecule has 0 bridgehead atoms. The zero-order chi connectivity index (χ0) is 14.4. The van der Waals surface area contributed by atoms with Gasteiger partial charge >= 0.3 is 11.8 Å². The number of likely N-dealkylation sites (N-methyl/N-ethyl adjacent to an activating group) is 1. The molecule has 19 heavy (non-hydrogen) atoms. The molecule has 0 aliphatic rings. The molecule has 0 atom stereocenters. The van der Waals surface area contributed by atoms with Gasteiger partial charge in [-0.05, 0) is 31.0 Å². The first-order chi connectivity index (χ1) is 8.95. The van der Waals surface area contributed by atoms with Crippen LogP contribution in [0.4, 0.5) is 5.69 Å². The van der Waals surface area contributed by atoms with E-state index in [1.54, 1.807) is 19.2 Å². The van der Waals surface area contributed by atoms with Gasteiger partial charge in [-0.15, -0.1) is 0 Å². The van der Waals surface area contributed by atoms with Gasteiger partial charge in [0.05, 0.1) is 5.69 Å². The Morgan fingerprint density at radius 2 is 2.05 bits per heavy atom. The van der Waals surface area contributed by atoms with Crippen LogP contribution in [-0.2, 0) is 9.59 Å². The van der Waals surface area contributed by atoms with Gasteiger partial charge < -0.3 is 15.3 Å². The highest BCUT2D eigenvalue weighted by Gasteiger charge is 2.19. The van der Waals surface area contributed by atoms with E-state index < -0.39 is 11.8 Å². The molecule has 0 saturated carbocycles. The van der Waals surface area contributed by atoms with Crippen LogP contribution in [0.25, 0.3) is 0 Å². The average molecular weight is 264 g/mol. The zero-order valence-corrected chi connectivity index (χ0v) is 11.6. The topological polar surface area (TPSA) is 69.6 Å². The number of unbranched alkanes of at least 4 members (excludes halogenated alkanes) is 1. The summed E-state index contributed by atoms with van der Waals surface area (Å²) >= 11 is 0. The molecule has 104 valence electrons. The molecule has 5 heteroatoms. The minimum Gasteiger partial charge on any atom is -0.506 e. The number of benzene rings is 1.